The molecule has 0 aliphatic carbocycles. The Morgan fingerprint density at radius 1 is 0.857 bits per heavy atom. The van der Waals surface area contributed by atoms with E-state index in [9.17, 15) is 0 Å². The normalized spacial score (nSPS) is 19.3. The molecule has 5 nitrogen and oxygen atoms in total. The highest BCUT2D eigenvalue weighted by atomic mass is 16.5. The highest BCUT2D eigenvalue weighted by Crippen LogP contribution is 2.43. The van der Waals surface area contributed by atoms with Crippen molar-refractivity contribution < 1.29 is 18.9 Å². The molecule has 1 saturated heterocycles. The average Bonchev–Trinajstić information content (AvgIpc) is 2.76. The minimum Gasteiger partial charge on any atom is -0.497 e. The Kier molecular flexibility index (Phi) is 4.29. The smallest absolute Gasteiger partial charge is 0.161 e. The molecule has 2 aliphatic rings. The van der Waals surface area contributed by atoms with Crippen molar-refractivity contribution in [3.05, 3.63) is 41.5 Å². The lowest BCUT2D eigenvalue weighted by Crippen LogP contribution is -2.48. The highest BCUT2D eigenvalue weighted by Gasteiger charge is 2.31. The van der Waals surface area contributed by atoms with Gasteiger partial charge in [0.1, 0.15) is 5.75 Å². The topological polar surface area (TPSA) is 40.2 Å². The summed E-state index contributed by atoms with van der Waals surface area (Å²) in [5, 5.41) is 4.90. The van der Waals surface area contributed by atoms with Gasteiger partial charge in [0.2, 0.25) is 0 Å². The number of ether oxygens (including phenoxy) is 4. The molecule has 3 aromatic rings. The van der Waals surface area contributed by atoms with E-state index in [-0.39, 0.29) is 0 Å². The molecule has 1 atom stereocenters. The number of hydrogen-bond donors (Lipinski definition) is 0. The van der Waals surface area contributed by atoms with Gasteiger partial charge in [-0.2, -0.15) is 0 Å². The summed E-state index contributed by atoms with van der Waals surface area (Å²) < 4.78 is 22.5. The molecule has 5 heteroatoms. The standard InChI is InChI=1S/C23H25NO4/c1-25-15-4-5-16-18(9-15)20-11-23(27-3)22(26-2)10-19(20)17-8-14-13-28-7-6-24(14)12-21(16)17/h4-5,9-11,14H,6-8,12-13H2,1-3H3/t14-/m0/s1. The summed E-state index contributed by atoms with van der Waals surface area (Å²) in [6.07, 6.45) is 0.989. The van der Waals surface area contributed by atoms with E-state index >= 15 is 0 Å². The van der Waals surface area contributed by atoms with E-state index in [0.717, 1.165) is 50.0 Å². The minimum absolute atomic E-state index is 0.438. The maximum absolute atomic E-state index is 5.76. The van der Waals surface area contributed by atoms with E-state index in [1.807, 2.05) is 0 Å². The van der Waals surface area contributed by atoms with Crippen molar-refractivity contribution in [1.29, 1.82) is 0 Å². The van der Waals surface area contributed by atoms with E-state index in [1.54, 1.807) is 21.3 Å². The van der Waals surface area contributed by atoms with Crippen LogP contribution in [0.1, 0.15) is 11.1 Å². The third-order valence-corrected chi connectivity index (χ3v) is 6.21. The van der Waals surface area contributed by atoms with Gasteiger partial charge in [-0.05, 0) is 63.4 Å². The molecule has 0 unspecified atom stereocenters. The van der Waals surface area contributed by atoms with Gasteiger partial charge in [-0.25, -0.2) is 0 Å². The molecule has 0 spiro atoms. The molecule has 146 valence electrons. The summed E-state index contributed by atoms with van der Waals surface area (Å²) in [4.78, 5) is 2.56. The number of rotatable bonds is 3. The van der Waals surface area contributed by atoms with Crippen molar-refractivity contribution in [3.8, 4) is 17.2 Å². The maximum atomic E-state index is 5.76. The molecule has 2 aliphatic heterocycles. The number of fused-ring (bicyclic) bond motifs is 7. The first-order valence-electron chi connectivity index (χ1n) is 9.72. The largest absolute Gasteiger partial charge is 0.497 e. The van der Waals surface area contributed by atoms with Crippen molar-refractivity contribution in [2.45, 2.75) is 19.0 Å². The van der Waals surface area contributed by atoms with Crippen LogP contribution in [0.25, 0.3) is 21.5 Å². The molecule has 2 heterocycles. The van der Waals surface area contributed by atoms with Crippen LogP contribution in [0.2, 0.25) is 0 Å². The lowest BCUT2D eigenvalue weighted by molar-refractivity contribution is -0.0158. The molecule has 0 radical (unpaired) electrons. The first-order chi connectivity index (χ1) is 13.7. The first kappa shape index (κ1) is 17.6. The number of benzene rings is 3. The second kappa shape index (κ2) is 6.83. The quantitative estimate of drug-likeness (QED) is 0.648. The summed E-state index contributed by atoms with van der Waals surface area (Å²) >= 11 is 0. The van der Waals surface area contributed by atoms with E-state index < -0.39 is 0 Å². The second-order valence-corrected chi connectivity index (χ2v) is 7.52. The number of hydrogen-bond acceptors (Lipinski definition) is 5. The first-order valence-corrected chi connectivity index (χ1v) is 9.72. The Balaban J connectivity index is 1.85. The van der Waals surface area contributed by atoms with E-state index in [0.29, 0.717) is 6.04 Å². The summed E-state index contributed by atoms with van der Waals surface area (Å²) in [6, 6.07) is 11.1. The Bertz CT molecular complexity index is 1060. The maximum Gasteiger partial charge on any atom is 0.161 e. The summed E-state index contributed by atoms with van der Waals surface area (Å²) in [5.74, 6) is 2.38. The van der Waals surface area contributed by atoms with Gasteiger partial charge < -0.3 is 18.9 Å². The predicted octanol–water partition coefficient (Wildman–Crippen LogP) is 3.78. The van der Waals surface area contributed by atoms with E-state index in [2.05, 4.69) is 35.2 Å². The SMILES string of the molecule is COc1ccc2c3c(c4cc(OC)c(OC)cc4c2c1)C[C@H]1COCCN1C3. The number of methoxy groups -OCH3 is 3. The van der Waals surface area contributed by atoms with Crippen LogP contribution in [0.5, 0.6) is 17.2 Å². The zero-order valence-corrected chi connectivity index (χ0v) is 16.6. The summed E-state index contributed by atoms with van der Waals surface area (Å²) in [7, 11) is 5.09. The third kappa shape index (κ3) is 2.61. The molecular weight excluding hydrogens is 354 g/mol. The Labute approximate surface area is 164 Å². The average molecular weight is 379 g/mol. The Morgan fingerprint density at radius 2 is 1.61 bits per heavy atom. The molecule has 0 aromatic heterocycles. The molecule has 0 saturated carbocycles. The van der Waals surface area contributed by atoms with E-state index in [1.165, 1.54) is 32.7 Å². The minimum atomic E-state index is 0.438. The van der Waals surface area contributed by atoms with Gasteiger partial charge in [0.25, 0.3) is 0 Å². The fraction of sp³-hybridized carbons (Fsp3) is 0.391. The van der Waals surface area contributed by atoms with Crippen LogP contribution in [-0.2, 0) is 17.7 Å². The van der Waals surface area contributed by atoms with Gasteiger partial charge in [-0.15, -0.1) is 0 Å². The number of morpholine rings is 1. The molecule has 5 rings (SSSR count). The highest BCUT2D eigenvalue weighted by molar-refractivity contribution is 6.12. The van der Waals surface area contributed by atoms with E-state index in [4.69, 9.17) is 18.9 Å². The van der Waals surface area contributed by atoms with Crippen LogP contribution >= 0.6 is 0 Å². The monoisotopic (exact) mass is 379 g/mol. The van der Waals surface area contributed by atoms with Crippen molar-refractivity contribution in [1.82, 2.24) is 4.90 Å². The van der Waals surface area contributed by atoms with Crippen molar-refractivity contribution in [3.63, 3.8) is 0 Å². The van der Waals surface area contributed by atoms with Crippen molar-refractivity contribution in [2.24, 2.45) is 0 Å². The van der Waals surface area contributed by atoms with Crippen LogP contribution in [0.15, 0.2) is 30.3 Å². The zero-order chi connectivity index (χ0) is 19.3. The molecular formula is C23H25NO4. The predicted molar refractivity (Wildman–Crippen MR) is 110 cm³/mol. The molecule has 0 bridgehead atoms. The number of nitrogens with zero attached hydrogens (tertiary/aromatic N) is 1. The fourth-order valence-corrected chi connectivity index (χ4v) is 4.75. The van der Waals surface area contributed by atoms with Crippen LogP contribution in [0, 0.1) is 0 Å². The lowest BCUT2D eigenvalue weighted by Gasteiger charge is -2.41. The van der Waals surface area contributed by atoms with Crippen LogP contribution in [-0.4, -0.2) is 52.0 Å². The van der Waals surface area contributed by atoms with Gasteiger partial charge >= 0.3 is 0 Å². The van der Waals surface area contributed by atoms with Crippen LogP contribution < -0.4 is 14.2 Å². The molecule has 1 fully saturated rings. The Hall–Kier alpha value is -2.50. The molecule has 28 heavy (non-hydrogen) atoms. The summed E-state index contributed by atoms with van der Waals surface area (Å²) in [5.41, 5.74) is 2.82. The lowest BCUT2D eigenvalue weighted by atomic mass is 9.84. The fourth-order valence-electron chi connectivity index (χ4n) is 4.75. The molecule has 0 amide bonds. The van der Waals surface area contributed by atoms with Crippen LogP contribution in [0.4, 0.5) is 0 Å². The van der Waals surface area contributed by atoms with Gasteiger partial charge in [-0.1, -0.05) is 6.07 Å². The van der Waals surface area contributed by atoms with Gasteiger partial charge in [0.05, 0.1) is 34.5 Å². The molecule has 3 aromatic carbocycles. The second-order valence-electron chi connectivity index (χ2n) is 7.52. The Morgan fingerprint density at radius 3 is 2.36 bits per heavy atom. The van der Waals surface area contributed by atoms with Crippen LogP contribution in [0.3, 0.4) is 0 Å². The van der Waals surface area contributed by atoms with Gasteiger partial charge in [0.15, 0.2) is 11.5 Å². The van der Waals surface area contributed by atoms with Crippen molar-refractivity contribution in [2.75, 3.05) is 41.1 Å². The summed E-state index contributed by atoms with van der Waals surface area (Å²) in [6.45, 7) is 3.56. The van der Waals surface area contributed by atoms with Gasteiger partial charge in [0, 0.05) is 19.1 Å². The van der Waals surface area contributed by atoms with Crippen molar-refractivity contribution >= 4 is 21.5 Å². The molecule has 0 N–H and O–H groups in total. The zero-order valence-electron chi connectivity index (χ0n) is 16.6. The third-order valence-electron chi connectivity index (χ3n) is 6.21. The van der Waals surface area contributed by atoms with Gasteiger partial charge in [-0.3, -0.25) is 4.90 Å².